The average molecular weight is 298 g/mol. The Morgan fingerprint density at radius 1 is 1.20 bits per heavy atom. The fourth-order valence-corrected chi connectivity index (χ4v) is 3.41. The molecule has 1 aromatic heterocycles. The van der Waals surface area contributed by atoms with Crippen molar-refractivity contribution in [1.82, 2.24) is 14.7 Å². The van der Waals surface area contributed by atoms with Gasteiger partial charge in [0.25, 0.3) is 0 Å². The minimum absolute atomic E-state index is 0.120. The Bertz CT molecular complexity index is 510. The minimum atomic E-state index is -3.49. The van der Waals surface area contributed by atoms with E-state index in [2.05, 4.69) is 20.0 Å². The van der Waals surface area contributed by atoms with Gasteiger partial charge in [0, 0.05) is 13.1 Å². The summed E-state index contributed by atoms with van der Waals surface area (Å²) in [4.78, 5) is 8.10. The van der Waals surface area contributed by atoms with E-state index in [0.717, 1.165) is 12.8 Å². The molecule has 7 heteroatoms. The first kappa shape index (κ1) is 15.2. The zero-order valence-electron chi connectivity index (χ0n) is 11.8. The Morgan fingerprint density at radius 3 is 2.45 bits per heavy atom. The lowest BCUT2D eigenvalue weighted by atomic mass is 9.90. The van der Waals surface area contributed by atoms with Crippen LogP contribution in [0.5, 0.6) is 0 Å². The summed E-state index contributed by atoms with van der Waals surface area (Å²) in [6, 6.07) is 0. The van der Waals surface area contributed by atoms with E-state index in [1.165, 1.54) is 31.7 Å². The second-order valence-electron chi connectivity index (χ2n) is 5.13. The van der Waals surface area contributed by atoms with E-state index in [4.69, 9.17) is 0 Å². The number of aromatic nitrogens is 2. The van der Waals surface area contributed by atoms with Gasteiger partial charge in [-0.15, -0.1) is 0 Å². The van der Waals surface area contributed by atoms with Crippen molar-refractivity contribution in [2.24, 2.45) is 5.92 Å². The zero-order valence-corrected chi connectivity index (χ0v) is 12.6. The number of sulfonamides is 1. The molecule has 2 rings (SSSR count). The Balaban J connectivity index is 1.94. The molecule has 0 atom stereocenters. The highest BCUT2D eigenvalue weighted by Crippen LogP contribution is 2.23. The molecular weight excluding hydrogens is 276 g/mol. The van der Waals surface area contributed by atoms with E-state index in [1.807, 2.05) is 6.92 Å². The third-order valence-electron chi connectivity index (χ3n) is 3.56. The van der Waals surface area contributed by atoms with Gasteiger partial charge >= 0.3 is 0 Å². The largest absolute Gasteiger partial charge is 0.355 e. The van der Waals surface area contributed by atoms with Crippen LogP contribution in [0.3, 0.4) is 0 Å². The van der Waals surface area contributed by atoms with Crippen LogP contribution in [0.15, 0.2) is 17.3 Å². The third-order valence-corrected chi connectivity index (χ3v) is 4.94. The highest BCUT2D eigenvalue weighted by atomic mass is 32.2. The highest BCUT2D eigenvalue weighted by molar-refractivity contribution is 7.89. The van der Waals surface area contributed by atoms with Crippen LogP contribution < -0.4 is 10.0 Å². The van der Waals surface area contributed by atoms with Crippen LogP contribution in [-0.4, -0.2) is 31.5 Å². The first-order valence-corrected chi connectivity index (χ1v) is 8.65. The standard InChI is InChI=1S/C13H22N4O2S/c1-2-14-13-15-9-12(10-16-13)20(18,19)17-8-11-6-4-3-5-7-11/h9-11,17H,2-8H2,1H3,(H,14,15,16). The van der Waals surface area contributed by atoms with Gasteiger partial charge in [-0.2, -0.15) is 0 Å². The quantitative estimate of drug-likeness (QED) is 0.836. The summed E-state index contributed by atoms with van der Waals surface area (Å²) < 4.78 is 26.9. The first-order chi connectivity index (χ1) is 9.62. The Kier molecular flexibility index (Phi) is 5.31. The van der Waals surface area contributed by atoms with E-state index in [9.17, 15) is 8.42 Å². The molecule has 0 radical (unpaired) electrons. The number of anilines is 1. The zero-order chi connectivity index (χ0) is 14.4. The highest BCUT2D eigenvalue weighted by Gasteiger charge is 2.19. The van der Waals surface area contributed by atoms with Crippen LogP contribution in [0.25, 0.3) is 0 Å². The molecule has 1 saturated carbocycles. The van der Waals surface area contributed by atoms with E-state index >= 15 is 0 Å². The SMILES string of the molecule is CCNc1ncc(S(=O)(=O)NCC2CCCCC2)cn1. The summed E-state index contributed by atoms with van der Waals surface area (Å²) in [5.74, 6) is 0.902. The molecule has 112 valence electrons. The van der Waals surface area contributed by atoms with Gasteiger partial charge in [-0.25, -0.2) is 23.1 Å². The Hall–Kier alpha value is -1.21. The lowest BCUT2D eigenvalue weighted by Crippen LogP contribution is -2.30. The second-order valence-corrected chi connectivity index (χ2v) is 6.90. The Morgan fingerprint density at radius 2 is 1.85 bits per heavy atom. The lowest BCUT2D eigenvalue weighted by molar-refractivity contribution is 0.357. The topological polar surface area (TPSA) is 84.0 Å². The maximum atomic E-state index is 12.1. The van der Waals surface area contributed by atoms with Gasteiger partial charge in [-0.3, -0.25) is 0 Å². The molecule has 0 unspecified atom stereocenters. The molecule has 0 spiro atoms. The lowest BCUT2D eigenvalue weighted by Gasteiger charge is -2.21. The van der Waals surface area contributed by atoms with Gasteiger partial charge < -0.3 is 5.32 Å². The molecule has 1 aliphatic rings. The van der Waals surface area contributed by atoms with E-state index < -0.39 is 10.0 Å². The second kappa shape index (κ2) is 6.99. The van der Waals surface area contributed by atoms with Crippen LogP contribution in [0, 0.1) is 5.92 Å². The average Bonchev–Trinajstić information content (AvgIpc) is 2.47. The summed E-state index contributed by atoms with van der Waals surface area (Å²) in [7, 11) is -3.49. The number of rotatable bonds is 6. The van der Waals surface area contributed by atoms with Gasteiger partial charge in [0.05, 0.1) is 12.4 Å². The van der Waals surface area contributed by atoms with Crippen molar-refractivity contribution in [2.45, 2.75) is 43.9 Å². The Labute approximate surface area is 120 Å². The fraction of sp³-hybridized carbons (Fsp3) is 0.692. The molecule has 0 amide bonds. The molecule has 1 fully saturated rings. The molecule has 1 aromatic rings. The minimum Gasteiger partial charge on any atom is -0.355 e. The predicted molar refractivity (Wildman–Crippen MR) is 78.0 cm³/mol. The van der Waals surface area contributed by atoms with Crippen molar-refractivity contribution < 1.29 is 8.42 Å². The van der Waals surface area contributed by atoms with Crippen LogP contribution in [-0.2, 0) is 10.0 Å². The summed E-state index contributed by atoms with van der Waals surface area (Å²) in [5, 5.41) is 2.93. The molecule has 6 nitrogen and oxygen atoms in total. The van der Waals surface area contributed by atoms with Crippen molar-refractivity contribution in [3.63, 3.8) is 0 Å². The summed E-state index contributed by atoms with van der Waals surface area (Å²) in [6.07, 6.45) is 8.57. The monoisotopic (exact) mass is 298 g/mol. The first-order valence-electron chi connectivity index (χ1n) is 7.17. The van der Waals surface area contributed by atoms with Crippen molar-refractivity contribution in [3.05, 3.63) is 12.4 Å². The molecule has 0 aromatic carbocycles. The molecular formula is C13H22N4O2S. The molecule has 0 aliphatic heterocycles. The number of nitrogens with one attached hydrogen (secondary N) is 2. The number of hydrogen-bond donors (Lipinski definition) is 2. The smallest absolute Gasteiger partial charge is 0.243 e. The van der Waals surface area contributed by atoms with Gasteiger partial charge in [0.2, 0.25) is 16.0 Å². The van der Waals surface area contributed by atoms with Crippen molar-refractivity contribution in [3.8, 4) is 0 Å². The molecule has 20 heavy (non-hydrogen) atoms. The maximum Gasteiger partial charge on any atom is 0.243 e. The predicted octanol–water partition coefficient (Wildman–Crippen LogP) is 1.77. The summed E-state index contributed by atoms with van der Waals surface area (Å²) in [6.45, 7) is 3.14. The van der Waals surface area contributed by atoms with Crippen molar-refractivity contribution in [2.75, 3.05) is 18.4 Å². The van der Waals surface area contributed by atoms with Crippen LogP contribution in [0.1, 0.15) is 39.0 Å². The molecule has 0 bridgehead atoms. The van der Waals surface area contributed by atoms with Crippen molar-refractivity contribution in [1.29, 1.82) is 0 Å². The van der Waals surface area contributed by atoms with Gasteiger partial charge in [0.1, 0.15) is 4.90 Å². The van der Waals surface area contributed by atoms with E-state index in [0.29, 0.717) is 25.0 Å². The summed E-state index contributed by atoms with van der Waals surface area (Å²) >= 11 is 0. The van der Waals surface area contributed by atoms with Gasteiger partial charge in [-0.05, 0) is 25.7 Å². The number of nitrogens with zero attached hydrogens (tertiary/aromatic N) is 2. The van der Waals surface area contributed by atoms with Gasteiger partial charge in [0.15, 0.2) is 0 Å². The molecule has 1 aliphatic carbocycles. The van der Waals surface area contributed by atoms with E-state index in [-0.39, 0.29) is 4.90 Å². The molecule has 1 heterocycles. The summed E-state index contributed by atoms with van der Waals surface area (Å²) in [5.41, 5.74) is 0. The normalized spacial score (nSPS) is 17.1. The van der Waals surface area contributed by atoms with Gasteiger partial charge in [-0.1, -0.05) is 19.3 Å². The third kappa shape index (κ3) is 4.14. The van der Waals surface area contributed by atoms with Crippen molar-refractivity contribution >= 4 is 16.0 Å². The number of hydrogen-bond acceptors (Lipinski definition) is 5. The maximum absolute atomic E-state index is 12.1. The fourth-order valence-electron chi connectivity index (χ4n) is 2.41. The molecule has 2 N–H and O–H groups in total. The molecule has 0 saturated heterocycles. The van der Waals surface area contributed by atoms with E-state index in [1.54, 1.807) is 0 Å². The van der Waals surface area contributed by atoms with Crippen LogP contribution in [0.4, 0.5) is 5.95 Å². The van der Waals surface area contributed by atoms with Crippen LogP contribution in [0.2, 0.25) is 0 Å². The van der Waals surface area contributed by atoms with Crippen LogP contribution >= 0.6 is 0 Å².